The molecule has 0 spiro atoms. The Balaban J connectivity index is 1.50. The third kappa shape index (κ3) is 6.39. The van der Waals surface area contributed by atoms with E-state index in [0.717, 1.165) is 30.3 Å². The lowest BCUT2D eigenvalue weighted by atomic mass is 10.1. The van der Waals surface area contributed by atoms with Gasteiger partial charge in [-0.1, -0.05) is 17.4 Å². The predicted molar refractivity (Wildman–Crippen MR) is 110 cm³/mol. The van der Waals surface area contributed by atoms with Crippen LogP contribution in [0.4, 0.5) is 9.93 Å². The topological polar surface area (TPSA) is 67.3 Å². The molecule has 0 saturated carbocycles. The molecular formula is C19H26N4O2S2. The van der Waals surface area contributed by atoms with E-state index in [0.29, 0.717) is 6.54 Å². The van der Waals surface area contributed by atoms with Gasteiger partial charge in [0.15, 0.2) is 5.13 Å². The molecule has 1 aliphatic heterocycles. The highest BCUT2D eigenvalue weighted by Crippen LogP contribution is 2.31. The molecule has 0 aromatic carbocycles. The number of carbonyl (C=O) groups excluding carboxylic acids is 1. The summed E-state index contributed by atoms with van der Waals surface area (Å²) in [6, 6.07) is 4.23. The Morgan fingerprint density at radius 1 is 1.44 bits per heavy atom. The van der Waals surface area contributed by atoms with Crippen LogP contribution in [0.5, 0.6) is 0 Å². The normalized spacial score (nSPS) is 17.6. The number of amides is 1. The average molecular weight is 407 g/mol. The van der Waals surface area contributed by atoms with E-state index in [1.807, 2.05) is 39.2 Å². The molecule has 1 atom stereocenters. The Labute approximate surface area is 168 Å². The van der Waals surface area contributed by atoms with Crippen molar-refractivity contribution in [1.82, 2.24) is 14.9 Å². The van der Waals surface area contributed by atoms with Gasteiger partial charge in [-0.2, -0.15) is 0 Å². The molecule has 1 N–H and O–H groups in total. The number of nitrogens with zero attached hydrogens (tertiary/aromatic N) is 3. The van der Waals surface area contributed by atoms with Gasteiger partial charge >= 0.3 is 6.09 Å². The Hall–Kier alpha value is -1.80. The summed E-state index contributed by atoms with van der Waals surface area (Å²) in [6.45, 7) is 7.07. The van der Waals surface area contributed by atoms with Crippen molar-refractivity contribution in [3.8, 4) is 0 Å². The van der Waals surface area contributed by atoms with Gasteiger partial charge in [0.25, 0.3) is 0 Å². The highest BCUT2D eigenvalue weighted by atomic mass is 32.2. The van der Waals surface area contributed by atoms with Gasteiger partial charge in [-0.3, -0.25) is 4.98 Å². The number of hydrogen-bond acceptors (Lipinski definition) is 7. The van der Waals surface area contributed by atoms with Crippen LogP contribution >= 0.6 is 23.1 Å². The van der Waals surface area contributed by atoms with Gasteiger partial charge in [0, 0.05) is 37.3 Å². The van der Waals surface area contributed by atoms with Gasteiger partial charge in [0.05, 0.1) is 10.4 Å². The number of carbonyl (C=O) groups is 1. The number of ether oxygens (including phenoxy) is 1. The SMILES string of the molecule is CC(C)(C)OC(=O)N1CCC[C@@H](Nc2ncc(SCc3cccnc3)s2)C1. The average Bonchev–Trinajstić information content (AvgIpc) is 3.07. The maximum Gasteiger partial charge on any atom is 0.410 e. The van der Waals surface area contributed by atoms with Gasteiger partial charge in [-0.05, 0) is 45.2 Å². The zero-order valence-electron chi connectivity index (χ0n) is 16.0. The van der Waals surface area contributed by atoms with Crippen LogP contribution in [0.25, 0.3) is 0 Å². The van der Waals surface area contributed by atoms with Crippen molar-refractivity contribution in [2.75, 3.05) is 18.4 Å². The Morgan fingerprint density at radius 2 is 2.30 bits per heavy atom. The third-order valence-corrected chi connectivity index (χ3v) is 6.18. The number of pyridine rings is 1. The van der Waals surface area contributed by atoms with Crippen molar-refractivity contribution in [3.63, 3.8) is 0 Å². The fourth-order valence-corrected chi connectivity index (χ4v) is 4.68. The minimum Gasteiger partial charge on any atom is -0.444 e. The number of anilines is 1. The van der Waals surface area contributed by atoms with Crippen LogP contribution in [0.15, 0.2) is 34.9 Å². The van der Waals surface area contributed by atoms with Crippen molar-refractivity contribution in [2.24, 2.45) is 0 Å². The van der Waals surface area contributed by atoms with E-state index in [1.54, 1.807) is 34.2 Å². The fourth-order valence-electron chi connectivity index (χ4n) is 2.79. The number of likely N-dealkylation sites (tertiary alicyclic amines) is 1. The zero-order valence-corrected chi connectivity index (χ0v) is 17.6. The number of piperidine rings is 1. The van der Waals surface area contributed by atoms with E-state index in [2.05, 4.69) is 21.4 Å². The molecule has 0 bridgehead atoms. The molecule has 27 heavy (non-hydrogen) atoms. The van der Waals surface area contributed by atoms with Gasteiger partial charge < -0.3 is 15.0 Å². The number of nitrogens with one attached hydrogen (secondary N) is 1. The van der Waals surface area contributed by atoms with Crippen molar-refractivity contribution in [1.29, 1.82) is 0 Å². The monoisotopic (exact) mass is 406 g/mol. The van der Waals surface area contributed by atoms with E-state index in [9.17, 15) is 4.79 Å². The molecule has 1 fully saturated rings. The van der Waals surface area contributed by atoms with Crippen molar-refractivity contribution < 1.29 is 9.53 Å². The number of thiazole rings is 1. The molecule has 1 aliphatic rings. The molecule has 0 radical (unpaired) electrons. The predicted octanol–water partition coefficient (Wildman–Crippen LogP) is 4.64. The van der Waals surface area contributed by atoms with E-state index in [4.69, 9.17) is 4.74 Å². The minimum absolute atomic E-state index is 0.202. The molecule has 0 aliphatic carbocycles. The Bertz CT molecular complexity index is 746. The summed E-state index contributed by atoms with van der Waals surface area (Å²) >= 11 is 3.41. The lowest BCUT2D eigenvalue weighted by molar-refractivity contribution is 0.0206. The number of aromatic nitrogens is 2. The quantitative estimate of drug-likeness (QED) is 0.730. The third-order valence-electron chi connectivity index (χ3n) is 3.99. The summed E-state index contributed by atoms with van der Waals surface area (Å²) in [5.74, 6) is 0.880. The molecule has 146 valence electrons. The Kier molecular flexibility index (Phi) is 6.59. The van der Waals surface area contributed by atoms with Crippen LogP contribution in [-0.4, -0.2) is 45.7 Å². The van der Waals surface area contributed by atoms with Crippen LogP contribution in [-0.2, 0) is 10.5 Å². The zero-order chi connectivity index (χ0) is 19.3. The highest BCUT2D eigenvalue weighted by Gasteiger charge is 2.27. The summed E-state index contributed by atoms with van der Waals surface area (Å²) in [5, 5.41) is 4.38. The van der Waals surface area contributed by atoms with Crippen molar-refractivity contribution in [3.05, 3.63) is 36.3 Å². The van der Waals surface area contributed by atoms with Crippen LogP contribution in [0.2, 0.25) is 0 Å². The number of thioether (sulfide) groups is 1. The standard InChI is InChI=1S/C19H26N4O2S2/c1-19(2,3)25-18(24)23-9-5-7-15(12-23)22-17-21-11-16(27-17)26-13-14-6-4-8-20-10-14/h4,6,8,10-11,15H,5,7,9,12-13H2,1-3H3,(H,21,22)/t15-/m1/s1. The molecule has 6 nitrogen and oxygen atoms in total. The summed E-state index contributed by atoms with van der Waals surface area (Å²) in [4.78, 5) is 22.7. The molecule has 1 saturated heterocycles. The Morgan fingerprint density at radius 3 is 3.04 bits per heavy atom. The molecule has 0 unspecified atom stereocenters. The summed E-state index contributed by atoms with van der Waals surface area (Å²) in [6.07, 6.45) is 7.33. The summed E-state index contributed by atoms with van der Waals surface area (Å²) in [7, 11) is 0. The first-order valence-electron chi connectivity index (χ1n) is 9.11. The van der Waals surface area contributed by atoms with E-state index in [1.165, 1.54) is 9.77 Å². The molecule has 2 aromatic heterocycles. The van der Waals surface area contributed by atoms with Crippen LogP contribution in [0.1, 0.15) is 39.2 Å². The smallest absolute Gasteiger partial charge is 0.410 e. The second-order valence-corrected chi connectivity index (χ2v) is 9.85. The lowest BCUT2D eigenvalue weighted by Crippen LogP contribution is -2.46. The van der Waals surface area contributed by atoms with Gasteiger partial charge in [-0.15, -0.1) is 11.8 Å². The summed E-state index contributed by atoms with van der Waals surface area (Å²) in [5.41, 5.74) is 0.735. The van der Waals surface area contributed by atoms with Gasteiger partial charge in [0.1, 0.15) is 5.60 Å². The maximum atomic E-state index is 12.3. The second kappa shape index (κ2) is 8.93. The van der Waals surface area contributed by atoms with Crippen LogP contribution in [0, 0.1) is 0 Å². The van der Waals surface area contributed by atoms with Crippen LogP contribution in [0.3, 0.4) is 0 Å². The molecule has 2 aromatic rings. The summed E-state index contributed by atoms with van der Waals surface area (Å²) < 4.78 is 6.66. The highest BCUT2D eigenvalue weighted by molar-refractivity contribution is 8.00. The molecule has 1 amide bonds. The van der Waals surface area contributed by atoms with Gasteiger partial charge in [-0.25, -0.2) is 9.78 Å². The molecular weight excluding hydrogens is 380 g/mol. The number of rotatable bonds is 5. The van der Waals surface area contributed by atoms with E-state index < -0.39 is 5.60 Å². The van der Waals surface area contributed by atoms with Crippen LogP contribution < -0.4 is 5.32 Å². The van der Waals surface area contributed by atoms with Crippen molar-refractivity contribution >= 4 is 34.3 Å². The maximum absolute atomic E-state index is 12.3. The van der Waals surface area contributed by atoms with Crippen molar-refractivity contribution in [2.45, 2.75) is 55.2 Å². The largest absolute Gasteiger partial charge is 0.444 e. The number of hydrogen-bond donors (Lipinski definition) is 1. The van der Waals surface area contributed by atoms with E-state index in [-0.39, 0.29) is 12.1 Å². The van der Waals surface area contributed by atoms with E-state index >= 15 is 0 Å². The minimum atomic E-state index is -0.465. The fraction of sp³-hybridized carbons (Fsp3) is 0.526. The first-order chi connectivity index (χ1) is 12.9. The molecule has 3 heterocycles. The lowest BCUT2D eigenvalue weighted by Gasteiger charge is -2.34. The first-order valence-corrected chi connectivity index (χ1v) is 10.9. The second-order valence-electron chi connectivity index (χ2n) is 7.54. The molecule has 8 heteroatoms. The first kappa shape index (κ1) is 19.9. The molecule has 3 rings (SSSR count). The van der Waals surface area contributed by atoms with Gasteiger partial charge in [0.2, 0.25) is 0 Å².